The third-order valence-electron chi connectivity index (χ3n) is 3.02. The highest BCUT2D eigenvalue weighted by molar-refractivity contribution is 9.10. The second kappa shape index (κ2) is 5.52. The van der Waals surface area contributed by atoms with Gasteiger partial charge in [0.15, 0.2) is 0 Å². The Labute approximate surface area is 114 Å². The highest BCUT2D eigenvalue weighted by atomic mass is 79.9. The molecule has 1 aliphatic heterocycles. The van der Waals surface area contributed by atoms with Crippen LogP contribution in [-0.2, 0) is 4.79 Å². The molecular formula is C13H15BrN2O2. The van der Waals surface area contributed by atoms with Crippen LogP contribution >= 0.6 is 15.9 Å². The molecule has 2 amide bonds. The Kier molecular flexibility index (Phi) is 4.01. The number of hydrogen-bond donors (Lipinski definition) is 2. The third-order valence-corrected chi connectivity index (χ3v) is 3.88. The fraction of sp³-hybridized carbons (Fsp3) is 0.385. The molecule has 0 radical (unpaired) electrons. The van der Waals surface area contributed by atoms with Crippen LogP contribution in [0.2, 0.25) is 0 Å². The first-order valence-electron chi connectivity index (χ1n) is 5.92. The normalized spacial score (nSPS) is 19.2. The number of hydrogen-bond acceptors (Lipinski definition) is 2. The number of amides is 2. The van der Waals surface area contributed by atoms with Crippen LogP contribution < -0.4 is 10.6 Å². The molecule has 1 fully saturated rings. The minimum absolute atomic E-state index is 0.0965. The molecule has 96 valence electrons. The summed E-state index contributed by atoms with van der Waals surface area (Å²) in [6.45, 7) is 2.65. The average molecular weight is 311 g/mol. The zero-order chi connectivity index (χ0) is 13.1. The molecule has 2 N–H and O–H groups in total. The molecule has 1 unspecified atom stereocenters. The van der Waals surface area contributed by atoms with Crippen molar-refractivity contribution in [2.45, 2.75) is 25.8 Å². The Bertz CT molecular complexity index is 488. The lowest BCUT2D eigenvalue weighted by atomic mass is 10.1. The van der Waals surface area contributed by atoms with E-state index in [2.05, 4.69) is 26.6 Å². The molecule has 0 aromatic heterocycles. The summed E-state index contributed by atoms with van der Waals surface area (Å²) >= 11 is 3.39. The fourth-order valence-electron chi connectivity index (χ4n) is 1.89. The number of rotatable bonds is 2. The summed E-state index contributed by atoms with van der Waals surface area (Å²) < 4.78 is 0.892. The van der Waals surface area contributed by atoms with Crippen LogP contribution in [0.4, 0.5) is 0 Å². The Hall–Kier alpha value is -1.36. The molecule has 0 aliphatic carbocycles. The lowest BCUT2D eigenvalue weighted by Gasteiger charge is -2.22. The van der Waals surface area contributed by atoms with Gasteiger partial charge in [-0.1, -0.05) is 22.0 Å². The van der Waals surface area contributed by atoms with Crippen molar-refractivity contribution in [3.05, 3.63) is 33.8 Å². The molecule has 1 aromatic rings. The van der Waals surface area contributed by atoms with Gasteiger partial charge in [0.1, 0.15) is 6.04 Å². The van der Waals surface area contributed by atoms with E-state index in [-0.39, 0.29) is 11.8 Å². The number of nitrogens with one attached hydrogen (secondary N) is 2. The summed E-state index contributed by atoms with van der Waals surface area (Å²) in [6.07, 6.45) is 1.60. The van der Waals surface area contributed by atoms with Crippen molar-refractivity contribution in [2.75, 3.05) is 6.54 Å². The largest absolute Gasteiger partial charge is 0.354 e. The van der Waals surface area contributed by atoms with Crippen molar-refractivity contribution in [3.63, 3.8) is 0 Å². The lowest BCUT2D eigenvalue weighted by Crippen LogP contribution is -2.50. The van der Waals surface area contributed by atoms with Gasteiger partial charge < -0.3 is 10.6 Å². The van der Waals surface area contributed by atoms with Crippen LogP contribution in [0, 0.1) is 6.92 Å². The summed E-state index contributed by atoms with van der Waals surface area (Å²) in [6, 6.07) is 4.99. The van der Waals surface area contributed by atoms with Crippen LogP contribution in [0.1, 0.15) is 28.8 Å². The SMILES string of the molecule is Cc1ccc(C(=O)NC2CCCNC2=O)cc1Br. The fourth-order valence-corrected chi connectivity index (χ4v) is 2.26. The van der Waals surface area contributed by atoms with E-state index in [0.717, 1.165) is 16.5 Å². The van der Waals surface area contributed by atoms with Gasteiger partial charge in [0.25, 0.3) is 5.91 Å². The molecule has 5 heteroatoms. The maximum atomic E-state index is 12.0. The van der Waals surface area contributed by atoms with E-state index in [1.807, 2.05) is 13.0 Å². The van der Waals surface area contributed by atoms with Gasteiger partial charge in [-0.3, -0.25) is 9.59 Å². The van der Waals surface area contributed by atoms with E-state index in [0.29, 0.717) is 18.5 Å². The molecule has 0 saturated carbocycles. The third kappa shape index (κ3) is 2.90. The van der Waals surface area contributed by atoms with Gasteiger partial charge in [-0.25, -0.2) is 0 Å². The highest BCUT2D eigenvalue weighted by Crippen LogP contribution is 2.17. The van der Waals surface area contributed by atoms with Gasteiger partial charge >= 0.3 is 0 Å². The second-order valence-corrected chi connectivity index (χ2v) is 5.28. The van der Waals surface area contributed by atoms with Crippen molar-refractivity contribution in [2.24, 2.45) is 0 Å². The minimum Gasteiger partial charge on any atom is -0.354 e. The van der Waals surface area contributed by atoms with E-state index in [9.17, 15) is 9.59 Å². The Morgan fingerprint density at radius 2 is 2.28 bits per heavy atom. The highest BCUT2D eigenvalue weighted by Gasteiger charge is 2.23. The van der Waals surface area contributed by atoms with Gasteiger partial charge in [-0.05, 0) is 37.5 Å². The molecular weight excluding hydrogens is 296 g/mol. The zero-order valence-corrected chi connectivity index (χ0v) is 11.7. The molecule has 1 aromatic carbocycles. The van der Waals surface area contributed by atoms with Crippen molar-refractivity contribution in [3.8, 4) is 0 Å². The van der Waals surface area contributed by atoms with E-state index >= 15 is 0 Å². The average Bonchev–Trinajstić information content (AvgIpc) is 2.35. The van der Waals surface area contributed by atoms with Gasteiger partial charge in [0.2, 0.25) is 5.91 Å². The number of aryl methyl sites for hydroxylation is 1. The van der Waals surface area contributed by atoms with Crippen LogP contribution in [0.5, 0.6) is 0 Å². The molecule has 1 atom stereocenters. The van der Waals surface area contributed by atoms with E-state index in [1.54, 1.807) is 12.1 Å². The molecule has 1 heterocycles. The predicted molar refractivity (Wildman–Crippen MR) is 72.4 cm³/mol. The Morgan fingerprint density at radius 3 is 2.94 bits per heavy atom. The van der Waals surface area contributed by atoms with Crippen molar-refractivity contribution in [1.29, 1.82) is 0 Å². The topological polar surface area (TPSA) is 58.2 Å². The van der Waals surface area contributed by atoms with E-state index < -0.39 is 6.04 Å². The Morgan fingerprint density at radius 1 is 1.50 bits per heavy atom. The predicted octanol–water partition coefficient (Wildman–Crippen LogP) is 1.77. The summed E-state index contributed by atoms with van der Waals surface area (Å²) in [4.78, 5) is 23.6. The first kappa shape index (κ1) is 13.1. The van der Waals surface area contributed by atoms with Crippen LogP contribution in [0.3, 0.4) is 0 Å². The maximum absolute atomic E-state index is 12.0. The number of piperidine rings is 1. The molecule has 0 bridgehead atoms. The van der Waals surface area contributed by atoms with Crippen molar-refractivity contribution in [1.82, 2.24) is 10.6 Å². The van der Waals surface area contributed by atoms with Gasteiger partial charge in [-0.2, -0.15) is 0 Å². The molecule has 1 aliphatic rings. The summed E-state index contributed by atoms with van der Waals surface area (Å²) in [5.41, 5.74) is 1.63. The number of carbonyl (C=O) groups excluding carboxylic acids is 2. The molecule has 4 nitrogen and oxygen atoms in total. The zero-order valence-electron chi connectivity index (χ0n) is 10.1. The van der Waals surface area contributed by atoms with Gasteiger partial charge in [0, 0.05) is 16.6 Å². The number of benzene rings is 1. The first-order valence-corrected chi connectivity index (χ1v) is 6.72. The second-order valence-electron chi connectivity index (χ2n) is 4.42. The van der Waals surface area contributed by atoms with Crippen molar-refractivity contribution >= 4 is 27.7 Å². The van der Waals surface area contributed by atoms with Crippen LogP contribution in [-0.4, -0.2) is 24.4 Å². The number of carbonyl (C=O) groups is 2. The minimum atomic E-state index is -0.411. The van der Waals surface area contributed by atoms with E-state index in [4.69, 9.17) is 0 Å². The summed E-state index contributed by atoms with van der Waals surface area (Å²) in [5, 5.41) is 5.51. The Balaban J connectivity index is 2.07. The standard InChI is InChI=1S/C13H15BrN2O2/c1-8-4-5-9(7-10(8)14)12(17)16-11-3-2-6-15-13(11)18/h4-5,7,11H,2-3,6H2,1H3,(H,15,18)(H,16,17). The molecule has 2 rings (SSSR count). The van der Waals surface area contributed by atoms with Crippen molar-refractivity contribution < 1.29 is 9.59 Å². The smallest absolute Gasteiger partial charge is 0.251 e. The quantitative estimate of drug-likeness (QED) is 0.874. The van der Waals surface area contributed by atoms with Crippen LogP contribution in [0.25, 0.3) is 0 Å². The van der Waals surface area contributed by atoms with Gasteiger partial charge in [-0.15, -0.1) is 0 Å². The molecule has 1 saturated heterocycles. The maximum Gasteiger partial charge on any atom is 0.251 e. The van der Waals surface area contributed by atoms with Gasteiger partial charge in [0.05, 0.1) is 0 Å². The summed E-state index contributed by atoms with van der Waals surface area (Å²) in [5.74, 6) is -0.307. The van der Waals surface area contributed by atoms with Crippen LogP contribution in [0.15, 0.2) is 22.7 Å². The first-order chi connectivity index (χ1) is 8.58. The molecule has 0 spiro atoms. The number of halogens is 1. The van der Waals surface area contributed by atoms with E-state index in [1.165, 1.54) is 0 Å². The monoisotopic (exact) mass is 310 g/mol. The molecule has 18 heavy (non-hydrogen) atoms. The summed E-state index contributed by atoms with van der Waals surface area (Å²) in [7, 11) is 0. The lowest BCUT2D eigenvalue weighted by molar-refractivity contribution is -0.124.